The smallest absolute Gasteiger partial charge is 0.230 e. The third kappa shape index (κ3) is 3.48. The van der Waals surface area contributed by atoms with Crippen molar-refractivity contribution in [1.29, 1.82) is 0 Å². The molecular formula is C26H29N5O. The second-order valence-electron chi connectivity index (χ2n) is 9.43. The maximum absolute atomic E-state index is 13.7. The van der Waals surface area contributed by atoms with Gasteiger partial charge in [-0.05, 0) is 56.9 Å². The molecule has 0 radical (unpaired) electrons. The number of benzene rings is 1. The van der Waals surface area contributed by atoms with Gasteiger partial charge in [0.1, 0.15) is 11.6 Å². The maximum atomic E-state index is 13.7. The lowest BCUT2D eigenvalue weighted by Gasteiger charge is -2.35. The van der Waals surface area contributed by atoms with Crippen LogP contribution in [0, 0.1) is 12.8 Å². The Morgan fingerprint density at radius 3 is 2.66 bits per heavy atom. The lowest BCUT2D eigenvalue weighted by Crippen LogP contribution is -2.43. The molecule has 1 amide bonds. The number of fused-ring (bicyclic) bond motifs is 3. The number of hydrogen-bond acceptors (Lipinski definition) is 4. The van der Waals surface area contributed by atoms with Gasteiger partial charge in [0.25, 0.3) is 0 Å². The van der Waals surface area contributed by atoms with E-state index >= 15 is 0 Å². The number of carbonyl (C=O) groups is 1. The molecule has 0 atom stereocenters. The van der Waals surface area contributed by atoms with Crippen LogP contribution in [0.25, 0.3) is 11.3 Å². The number of piperidine rings is 1. The Hall–Kier alpha value is -3.15. The largest absolute Gasteiger partial charge is 0.357 e. The number of carbonyl (C=O) groups excluding carboxylic acids is 1. The highest BCUT2D eigenvalue weighted by Crippen LogP contribution is 2.42. The molecule has 1 saturated carbocycles. The Labute approximate surface area is 188 Å². The average molecular weight is 428 g/mol. The van der Waals surface area contributed by atoms with Crippen LogP contribution >= 0.6 is 0 Å². The first-order chi connectivity index (χ1) is 15.7. The molecule has 6 heteroatoms. The predicted molar refractivity (Wildman–Crippen MR) is 126 cm³/mol. The summed E-state index contributed by atoms with van der Waals surface area (Å²) in [5.74, 6) is 3.03. The number of amides is 1. The Morgan fingerprint density at radius 1 is 1.06 bits per heavy atom. The number of H-pyrrole nitrogens is 1. The van der Waals surface area contributed by atoms with E-state index in [2.05, 4.69) is 40.0 Å². The SMILES string of the molecule is Cc1ccc2c(c1)-c1nc(C3CC3)[nH]c1CCN2C(=O)C1CCN(c2ccccn2)CC1. The molecule has 2 fully saturated rings. The van der Waals surface area contributed by atoms with Gasteiger partial charge in [0, 0.05) is 55.3 Å². The highest BCUT2D eigenvalue weighted by Gasteiger charge is 2.34. The Bertz CT molecular complexity index is 1140. The standard InChI is InChI=1S/C26H29N5O/c1-17-5-8-22-20(16-17)24-21(28-25(29-24)18-6-7-18)11-15-31(22)26(32)19-9-13-30(14-10-19)23-4-2-3-12-27-23/h2-5,8,12,16,18-19H,6-7,9-11,13-15H2,1H3,(H,28,29). The Kier molecular flexibility index (Phi) is 4.74. The van der Waals surface area contributed by atoms with E-state index in [0.29, 0.717) is 12.5 Å². The number of nitrogens with zero attached hydrogens (tertiary/aromatic N) is 4. The lowest BCUT2D eigenvalue weighted by molar-refractivity contribution is -0.123. The minimum absolute atomic E-state index is 0.0514. The van der Waals surface area contributed by atoms with Crippen LogP contribution in [0.2, 0.25) is 0 Å². The van der Waals surface area contributed by atoms with Crippen LogP contribution in [0.4, 0.5) is 11.5 Å². The predicted octanol–water partition coefficient (Wildman–Crippen LogP) is 4.46. The van der Waals surface area contributed by atoms with Gasteiger partial charge in [-0.1, -0.05) is 17.7 Å². The second-order valence-corrected chi connectivity index (χ2v) is 9.43. The summed E-state index contributed by atoms with van der Waals surface area (Å²) in [5.41, 5.74) is 5.54. The van der Waals surface area contributed by atoms with Crippen molar-refractivity contribution in [1.82, 2.24) is 15.0 Å². The monoisotopic (exact) mass is 427 g/mol. The topological polar surface area (TPSA) is 65.1 Å². The van der Waals surface area contributed by atoms with Gasteiger partial charge in [0.05, 0.1) is 11.4 Å². The number of rotatable bonds is 3. The molecule has 1 saturated heterocycles. The highest BCUT2D eigenvalue weighted by atomic mass is 16.2. The quantitative estimate of drug-likeness (QED) is 0.670. The van der Waals surface area contributed by atoms with Crippen molar-refractivity contribution in [2.45, 2.75) is 44.9 Å². The summed E-state index contributed by atoms with van der Waals surface area (Å²) in [5, 5.41) is 0. The summed E-state index contributed by atoms with van der Waals surface area (Å²) in [6, 6.07) is 12.4. The second kappa shape index (κ2) is 7.76. The highest BCUT2D eigenvalue weighted by molar-refractivity contribution is 5.99. The molecule has 2 aromatic heterocycles. The van der Waals surface area contributed by atoms with E-state index in [0.717, 1.165) is 60.9 Å². The molecule has 1 aliphatic carbocycles. The first-order valence-electron chi connectivity index (χ1n) is 11.8. The van der Waals surface area contributed by atoms with E-state index in [9.17, 15) is 4.79 Å². The molecule has 164 valence electrons. The fraction of sp³-hybridized carbons (Fsp3) is 0.423. The number of pyridine rings is 1. The van der Waals surface area contributed by atoms with Crippen molar-refractivity contribution in [3.05, 3.63) is 59.7 Å². The number of aromatic nitrogens is 3. The summed E-state index contributed by atoms with van der Waals surface area (Å²) in [6.45, 7) is 4.55. The van der Waals surface area contributed by atoms with Crippen LogP contribution in [0.1, 0.15) is 48.7 Å². The number of aryl methyl sites for hydroxylation is 1. The van der Waals surface area contributed by atoms with E-state index in [1.54, 1.807) is 0 Å². The molecular weight excluding hydrogens is 398 g/mol. The number of aromatic amines is 1. The Morgan fingerprint density at radius 2 is 1.91 bits per heavy atom. The molecule has 0 bridgehead atoms. The average Bonchev–Trinajstić information content (AvgIpc) is 3.62. The van der Waals surface area contributed by atoms with E-state index in [4.69, 9.17) is 4.98 Å². The van der Waals surface area contributed by atoms with Gasteiger partial charge in [-0.25, -0.2) is 9.97 Å². The van der Waals surface area contributed by atoms with Gasteiger partial charge in [-0.2, -0.15) is 0 Å². The number of imidazole rings is 1. The van der Waals surface area contributed by atoms with Crippen molar-refractivity contribution >= 4 is 17.4 Å². The van der Waals surface area contributed by atoms with E-state index in [-0.39, 0.29) is 11.8 Å². The molecule has 0 unspecified atom stereocenters. The number of nitrogens with one attached hydrogen (secondary N) is 1. The van der Waals surface area contributed by atoms with Gasteiger partial charge in [0.2, 0.25) is 5.91 Å². The first-order valence-corrected chi connectivity index (χ1v) is 11.8. The van der Waals surface area contributed by atoms with Crippen LogP contribution < -0.4 is 9.80 Å². The molecule has 1 N–H and O–H groups in total. The molecule has 4 heterocycles. The summed E-state index contributed by atoms with van der Waals surface area (Å²) >= 11 is 0. The van der Waals surface area contributed by atoms with Crippen LogP contribution in [-0.4, -0.2) is 40.5 Å². The molecule has 6 rings (SSSR count). The third-order valence-electron chi connectivity index (χ3n) is 7.13. The first kappa shape index (κ1) is 19.5. The summed E-state index contributed by atoms with van der Waals surface area (Å²) in [4.78, 5) is 31.1. The van der Waals surface area contributed by atoms with Gasteiger partial charge in [-0.15, -0.1) is 0 Å². The van der Waals surface area contributed by atoms with Crippen molar-refractivity contribution in [2.24, 2.45) is 5.92 Å². The molecule has 0 spiro atoms. The molecule has 32 heavy (non-hydrogen) atoms. The summed E-state index contributed by atoms with van der Waals surface area (Å²) in [7, 11) is 0. The third-order valence-corrected chi connectivity index (χ3v) is 7.13. The van der Waals surface area contributed by atoms with Gasteiger partial charge >= 0.3 is 0 Å². The summed E-state index contributed by atoms with van der Waals surface area (Å²) < 4.78 is 0. The van der Waals surface area contributed by atoms with Crippen molar-refractivity contribution < 1.29 is 4.79 Å². The maximum Gasteiger partial charge on any atom is 0.230 e. The molecule has 2 aliphatic heterocycles. The van der Waals surface area contributed by atoms with Crippen LogP contribution in [0.3, 0.4) is 0 Å². The van der Waals surface area contributed by atoms with Gasteiger partial charge in [-0.3, -0.25) is 4.79 Å². The van der Waals surface area contributed by atoms with Gasteiger partial charge < -0.3 is 14.8 Å². The van der Waals surface area contributed by atoms with E-state index in [1.807, 2.05) is 29.3 Å². The Balaban J connectivity index is 1.25. The molecule has 3 aromatic rings. The molecule has 3 aliphatic rings. The van der Waals surface area contributed by atoms with E-state index in [1.165, 1.54) is 24.1 Å². The van der Waals surface area contributed by atoms with Crippen molar-refractivity contribution in [3.8, 4) is 11.3 Å². The minimum Gasteiger partial charge on any atom is -0.357 e. The van der Waals surface area contributed by atoms with Crippen LogP contribution in [0.15, 0.2) is 42.6 Å². The number of anilines is 2. The normalized spacial score (nSPS) is 18.8. The summed E-state index contributed by atoms with van der Waals surface area (Å²) in [6.07, 6.45) is 6.84. The molecule has 6 nitrogen and oxygen atoms in total. The van der Waals surface area contributed by atoms with Gasteiger partial charge in [0.15, 0.2) is 0 Å². The van der Waals surface area contributed by atoms with Crippen molar-refractivity contribution in [3.63, 3.8) is 0 Å². The zero-order valence-electron chi connectivity index (χ0n) is 18.6. The van der Waals surface area contributed by atoms with Crippen molar-refractivity contribution in [2.75, 3.05) is 29.4 Å². The number of hydrogen-bond donors (Lipinski definition) is 1. The molecule has 1 aromatic carbocycles. The fourth-order valence-electron chi connectivity index (χ4n) is 5.15. The van der Waals surface area contributed by atoms with E-state index < -0.39 is 0 Å². The van der Waals surface area contributed by atoms with Crippen LogP contribution in [-0.2, 0) is 11.2 Å². The lowest BCUT2D eigenvalue weighted by atomic mass is 9.94. The zero-order valence-corrected chi connectivity index (χ0v) is 18.6. The fourth-order valence-corrected chi connectivity index (χ4v) is 5.15. The minimum atomic E-state index is 0.0514. The van der Waals surface area contributed by atoms with Crippen LogP contribution in [0.5, 0.6) is 0 Å². The zero-order chi connectivity index (χ0) is 21.7.